The lowest BCUT2D eigenvalue weighted by Crippen LogP contribution is -2.46. The highest BCUT2D eigenvalue weighted by Crippen LogP contribution is 2.22. The Balaban J connectivity index is 1.65. The maximum absolute atomic E-state index is 13.5. The number of pyridine rings is 1. The van der Waals surface area contributed by atoms with Crippen molar-refractivity contribution >= 4 is 22.9 Å². The van der Waals surface area contributed by atoms with Crippen LogP contribution in [0.1, 0.15) is 24.0 Å². The fourth-order valence-electron chi connectivity index (χ4n) is 4.10. The first kappa shape index (κ1) is 22.0. The highest BCUT2D eigenvalue weighted by molar-refractivity contribution is 5.79. The van der Waals surface area contributed by atoms with Gasteiger partial charge < -0.3 is 15.0 Å². The number of nitrogens with zero attached hydrogens (tertiary/aromatic N) is 4. The number of methoxy groups -OCH3 is 1. The standard InChI is InChI=1S/C24H29N5O3/c1-17-7-9-18(10-8-17)15-29-21-20(6-3-11-25-21)27-22(24(29)31)28-13-4-5-19(16-28)23(30)26-12-14-32-2/h3,6-11,19H,4-5,12-16H2,1-2H3,(H,26,30). The van der Waals surface area contributed by atoms with Gasteiger partial charge in [-0.3, -0.25) is 14.2 Å². The molecule has 1 saturated heterocycles. The number of aromatic nitrogens is 3. The SMILES string of the molecule is COCCNC(=O)C1CCCN(c2nc3cccnc3n(Cc3ccc(C)cc3)c2=O)C1. The van der Waals surface area contributed by atoms with Gasteiger partial charge in [0.25, 0.3) is 5.56 Å². The minimum Gasteiger partial charge on any atom is -0.383 e. The molecule has 8 nitrogen and oxygen atoms in total. The normalized spacial score (nSPS) is 16.3. The lowest BCUT2D eigenvalue weighted by Gasteiger charge is -2.32. The van der Waals surface area contributed by atoms with Gasteiger partial charge in [0.2, 0.25) is 5.91 Å². The molecule has 1 aromatic carbocycles. The fourth-order valence-corrected chi connectivity index (χ4v) is 4.10. The number of fused-ring (bicyclic) bond motifs is 1. The zero-order chi connectivity index (χ0) is 22.5. The van der Waals surface area contributed by atoms with Crippen LogP contribution in [0.4, 0.5) is 5.82 Å². The molecule has 3 aromatic rings. The Labute approximate surface area is 187 Å². The number of carbonyl (C=O) groups is 1. The number of aryl methyl sites for hydroxylation is 1. The summed E-state index contributed by atoms with van der Waals surface area (Å²) in [5.74, 6) is 0.193. The van der Waals surface area contributed by atoms with Gasteiger partial charge in [-0.05, 0) is 37.5 Å². The van der Waals surface area contributed by atoms with Gasteiger partial charge in [-0.2, -0.15) is 0 Å². The number of piperidine rings is 1. The first-order chi connectivity index (χ1) is 15.6. The number of nitrogens with one attached hydrogen (secondary N) is 1. The van der Waals surface area contributed by atoms with E-state index in [1.165, 1.54) is 5.56 Å². The van der Waals surface area contributed by atoms with Crippen molar-refractivity contribution < 1.29 is 9.53 Å². The van der Waals surface area contributed by atoms with Crippen molar-refractivity contribution in [3.63, 3.8) is 0 Å². The molecule has 1 unspecified atom stereocenters. The van der Waals surface area contributed by atoms with E-state index in [0.29, 0.717) is 49.8 Å². The smallest absolute Gasteiger partial charge is 0.295 e. The van der Waals surface area contributed by atoms with Crippen LogP contribution in [0.2, 0.25) is 0 Å². The molecule has 1 N–H and O–H groups in total. The molecule has 0 aliphatic carbocycles. The first-order valence-corrected chi connectivity index (χ1v) is 11.0. The van der Waals surface area contributed by atoms with Crippen molar-refractivity contribution in [3.05, 3.63) is 64.1 Å². The quantitative estimate of drug-likeness (QED) is 0.572. The highest BCUT2D eigenvalue weighted by Gasteiger charge is 2.28. The summed E-state index contributed by atoms with van der Waals surface area (Å²) >= 11 is 0. The van der Waals surface area contributed by atoms with Gasteiger partial charge >= 0.3 is 0 Å². The number of rotatable bonds is 7. The number of amides is 1. The molecule has 3 heterocycles. The molecule has 0 saturated carbocycles. The van der Waals surface area contributed by atoms with E-state index in [-0.39, 0.29) is 17.4 Å². The molecule has 0 spiro atoms. The monoisotopic (exact) mass is 435 g/mol. The molecule has 1 atom stereocenters. The van der Waals surface area contributed by atoms with Crippen LogP contribution in [0.3, 0.4) is 0 Å². The fraction of sp³-hybridized carbons (Fsp3) is 0.417. The van der Waals surface area contributed by atoms with Crippen molar-refractivity contribution in [2.75, 3.05) is 38.3 Å². The van der Waals surface area contributed by atoms with Gasteiger partial charge in [-0.25, -0.2) is 9.97 Å². The van der Waals surface area contributed by atoms with Gasteiger partial charge in [0.1, 0.15) is 5.52 Å². The number of hydrogen-bond donors (Lipinski definition) is 1. The summed E-state index contributed by atoms with van der Waals surface area (Å²) in [7, 11) is 1.61. The lowest BCUT2D eigenvalue weighted by atomic mass is 9.97. The van der Waals surface area contributed by atoms with Gasteiger partial charge in [0, 0.05) is 32.9 Å². The van der Waals surface area contributed by atoms with E-state index in [0.717, 1.165) is 18.4 Å². The van der Waals surface area contributed by atoms with E-state index in [9.17, 15) is 9.59 Å². The Morgan fingerprint density at radius 1 is 1.25 bits per heavy atom. The highest BCUT2D eigenvalue weighted by atomic mass is 16.5. The third-order valence-corrected chi connectivity index (χ3v) is 5.84. The number of ether oxygens (including phenoxy) is 1. The van der Waals surface area contributed by atoms with E-state index in [1.54, 1.807) is 17.9 Å². The van der Waals surface area contributed by atoms with Crippen LogP contribution in [0, 0.1) is 12.8 Å². The third kappa shape index (κ3) is 4.80. The predicted octanol–water partition coefficient (Wildman–Crippen LogP) is 2.13. The van der Waals surface area contributed by atoms with E-state index < -0.39 is 0 Å². The molecule has 1 amide bonds. The molecule has 4 rings (SSSR count). The Hall–Kier alpha value is -3.26. The van der Waals surface area contributed by atoms with Crippen LogP contribution in [0.5, 0.6) is 0 Å². The number of hydrogen-bond acceptors (Lipinski definition) is 6. The average Bonchev–Trinajstić information content (AvgIpc) is 2.82. The van der Waals surface area contributed by atoms with E-state index in [1.807, 2.05) is 48.2 Å². The molecular formula is C24H29N5O3. The van der Waals surface area contributed by atoms with E-state index >= 15 is 0 Å². The Bertz CT molecular complexity index is 1140. The molecule has 2 aromatic heterocycles. The maximum Gasteiger partial charge on any atom is 0.295 e. The van der Waals surface area contributed by atoms with Crippen molar-refractivity contribution in [2.24, 2.45) is 5.92 Å². The second-order valence-electron chi connectivity index (χ2n) is 8.23. The Morgan fingerprint density at radius 2 is 2.06 bits per heavy atom. The Morgan fingerprint density at radius 3 is 2.84 bits per heavy atom. The van der Waals surface area contributed by atoms with Gasteiger partial charge in [-0.15, -0.1) is 0 Å². The van der Waals surface area contributed by atoms with Crippen LogP contribution < -0.4 is 15.8 Å². The minimum atomic E-state index is -0.183. The number of carbonyl (C=O) groups excluding carboxylic acids is 1. The average molecular weight is 436 g/mol. The third-order valence-electron chi connectivity index (χ3n) is 5.84. The molecule has 0 radical (unpaired) electrons. The van der Waals surface area contributed by atoms with Crippen molar-refractivity contribution in [2.45, 2.75) is 26.3 Å². The van der Waals surface area contributed by atoms with Crippen molar-refractivity contribution in [1.29, 1.82) is 0 Å². The minimum absolute atomic E-state index is 0.00538. The van der Waals surface area contributed by atoms with Crippen molar-refractivity contribution in [3.8, 4) is 0 Å². The lowest BCUT2D eigenvalue weighted by molar-refractivity contribution is -0.125. The zero-order valence-corrected chi connectivity index (χ0v) is 18.6. The molecule has 1 fully saturated rings. The molecule has 1 aliphatic rings. The van der Waals surface area contributed by atoms with Gasteiger partial charge in [-0.1, -0.05) is 29.8 Å². The summed E-state index contributed by atoms with van der Waals surface area (Å²) < 4.78 is 6.70. The molecule has 8 heteroatoms. The summed E-state index contributed by atoms with van der Waals surface area (Å²) in [5, 5.41) is 2.91. The largest absolute Gasteiger partial charge is 0.383 e. The van der Waals surface area contributed by atoms with Crippen molar-refractivity contribution in [1.82, 2.24) is 19.9 Å². The summed E-state index contributed by atoms with van der Waals surface area (Å²) in [5.41, 5.74) is 3.24. The molecular weight excluding hydrogens is 406 g/mol. The molecule has 32 heavy (non-hydrogen) atoms. The van der Waals surface area contributed by atoms with Crippen LogP contribution in [0.25, 0.3) is 11.2 Å². The topological polar surface area (TPSA) is 89.3 Å². The molecule has 1 aliphatic heterocycles. The summed E-state index contributed by atoms with van der Waals surface area (Å²) in [6.45, 7) is 4.57. The van der Waals surface area contributed by atoms with Crippen LogP contribution in [-0.2, 0) is 16.1 Å². The zero-order valence-electron chi connectivity index (χ0n) is 18.6. The van der Waals surface area contributed by atoms with Crippen LogP contribution in [-0.4, -0.2) is 53.8 Å². The van der Waals surface area contributed by atoms with E-state index in [2.05, 4.69) is 15.3 Å². The molecule has 168 valence electrons. The first-order valence-electron chi connectivity index (χ1n) is 11.0. The Kier molecular flexibility index (Phi) is 6.80. The van der Waals surface area contributed by atoms with Crippen LogP contribution in [0.15, 0.2) is 47.4 Å². The summed E-state index contributed by atoms with van der Waals surface area (Å²) in [6, 6.07) is 11.8. The summed E-state index contributed by atoms with van der Waals surface area (Å²) in [4.78, 5) is 37.2. The van der Waals surface area contributed by atoms with E-state index in [4.69, 9.17) is 4.74 Å². The maximum atomic E-state index is 13.5. The molecule has 0 bridgehead atoms. The van der Waals surface area contributed by atoms with Gasteiger partial charge in [0.05, 0.1) is 19.1 Å². The predicted molar refractivity (Wildman–Crippen MR) is 124 cm³/mol. The number of benzene rings is 1. The second-order valence-corrected chi connectivity index (χ2v) is 8.23. The summed E-state index contributed by atoms with van der Waals surface area (Å²) in [6.07, 6.45) is 3.30. The van der Waals surface area contributed by atoms with Crippen LogP contribution >= 0.6 is 0 Å². The number of anilines is 1. The second kappa shape index (κ2) is 9.91. The van der Waals surface area contributed by atoms with Gasteiger partial charge in [0.15, 0.2) is 11.5 Å².